The summed E-state index contributed by atoms with van der Waals surface area (Å²) in [5.41, 5.74) is 7.67. The van der Waals surface area contributed by atoms with Crippen molar-refractivity contribution < 1.29 is 9.13 Å². The molecule has 0 radical (unpaired) electrons. The first-order valence-corrected chi connectivity index (χ1v) is 7.35. The number of rotatable bonds is 7. The lowest BCUT2D eigenvalue weighted by Crippen LogP contribution is -2.34. The number of hydrogen-bond acceptors (Lipinski definition) is 3. The number of guanidine groups is 1. The van der Waals surface area contributed by atoms with Crippen LogP contribution in [0, 0.1) is 5.82 Å². The molecule has 0 heterocycles. The van der Waals surface area contributed by atoms with Crippen LogP contribution in [0.3, 0.4) is 0 Å². The third kappa shape index (κ3) is 7.30. The summed E-state index contributed by atoms with van der Waals surface area (Å²) >= 11 is 1.65. The Labute approximate surface area is 140 Å². The second kappa shape index (κ2) is 11.2. The highest BCUT2D eigenvalue weighted by molar-refractivity contribution is 14.0. The van der Waals surface area contributed by atoms with Crippen molar-refractivity contribution in [2.75, 3.05) is 26.5 Å². The van der Waals surface area contributed by atoms with E-state index in [2.05, 4.69) is 10.3 Å². The van der Waals surface area contributed by atoms with Gasteiger partial charge >= 0.3 is 0 Å². The molecule has 0 unspecified atom stereocenters. The maximum atomic E-state index is 13.2. The Morgan fingerprint density at radius 2 is 2.20 bits per heavy atom. The van der Waals surface area contributed by atoms with Gasteiger partial charge in [0.25, 0.3) is 0 Å². The number of ether oxygens (including phenoxy) is 1. The highest BCUT2D eigenvalue weighted by Crippen LogP contribution is 2.17. The highest BCUT2D eigenvalue weighted by Gasteiger charge is 2.03. The molecule has 0 aliphatic carbocycles. The van der Waals surface area contributed by atoms with E-state index >= 15 is 0 Å². The molecule has 0 aliphatic heterocycles. The van der Waals surface area contributed by atoms with Crippen molar-refractivity contribution in [1.29, 1.82) is 0 Å². The van der Waals surface area contributed by atoms with Crippen LogP contribution in [-0.2, 0) is 17.0 Å². The molecule has 1 rings (SSSR count). The summed E-state index contributed by atoms with van der Waals surface area (Å²) in [5, 5.41) is 2.94. The lowest BCUT2D eigenvalue weighted by molar-refractivity contribution is 0.204. The number of halogens is 2. The van der Waals surface area contributed by atoms with E-state index in [1.807, 2.05) is 6.26 Å². The van der Waals surface area contributed by atoms with E-state index < -0.39 is 0 Å². The number of nitrogens with two attached hydrogens (primary N) is 1. The maximum absolute atomic E-state index is 13.2. The number of methoxy groups -OCH3 is 1. The van der Waals surface area contributed by atoms with Crippen LogP contribution in [-0.4, -0.2) is 32.5 Å². The van der Waals surface area contributed by atoms with Crippen molar-refractivity contribution in [3.8, 4) is 0 Å². The average Bonchev–Trinajstić information content (AvgIpc) is 2.38. The Morgan fingerprint density at radius 1 is 1.45 bits per heavy atom. The Morgan fingerprint density at radius 3 is 2.85 bits per heavy atom. The van der Waals surface area contributed by atoms with E-state index in [-0.39, 0.29) is 29.8 Å². The van der Waals surface area contributed by atoms with Crippen LogP contribution in [0.1, 0.15) is 11.1 Å². The minimum atomic E-state index is -0.219. The summed E-state index contributed by atoms with van der Waals surface area (Å²) in [6.07, 6.45) is 1.98. The zero-order valence-electron chi connectivity index (χ0n) is 11.7. The molecule has 7 heteroatoms. The van der Waals surface area contributed by atoms with Crippen LogP contribution in [0.4, 0.5) is 4.39 Å². The Kier molecular flexibility index (Phi) is 10.9. The number of nitrogens with zero attached hydrogens (tertiary/aromatic N) is 1. The van der Waals surface area contributed by atoms with Gasteiger partial charge in [0.2, 0.25) is 0 Å². The standard InChI is InChI=1S/C13H20FN3OS.HI/c1-18-6-5-16-13(15)17-8-10-3-4-12(14)7-11(10)9-19-2;/h3-4,7H,5-6,8-9H2,1-2H3,(H3,15,16,17);1H. The van der Waals surface area contributed by atoms with Gasteiger partial charge in [0.1, 0.15) is 5.82 Å². The zero-order chi connectivity index (χ0) is 14.1. The molecule has 1 aromatic rings. The summed E-state index contributed by atoms with van der Waals surface area (Å²) in [4.78, 5) is 4.23. The van der Waals surface area contributed by atoms with Gasteiger partial charge in [-0.3, -0.25) is 0 Å². The van der Waals surface area contributed by atoms with Crippen LogP contribution in [0.15, 0.2) is 23.2 Å². The number of aliphatic imine (C=N–C) groups is 1. The smallest absolute Gasteiger partial charge is 0.188 e. The zero-order valence-corrected chi connectivity index (χ0v) is 14.8. The summed E-state index contributed by atoms with van der Waals surface area (Å²) in [6.45, 7) is 1.64. The molecule has 0 amide bonds. The number of benzene rings is 1. The summed E-state index contributed by atoms with van der Waals surface area (Å²) in [7, 11) is 1.63. The van der Waals surface area contributed by atoms with Crippen LogP contribution in [0.2, 0.25) is 0 Å². The Hall–Kier alpha value is -0.540. The van der Waals surface area contributed by atoms with E-state index in [0.717, 1.165) is 16.9 Å². The first-order valence-electron chi connectivity index (χ1n) is 5.96. The monoisotopic (exact) mass is 413 g/mol. The van der Waals surface area contributed by atoms with E-state index in [1.54, 1.807) is 31.0 Å². The fourth-order valence-corrected chi connectivity index (χ4v) is 2.13. The van der Waals surface area contributed by atoms with Crippen LogP contribution >= 0.6 is 35.7 Å². The fraction of sp³-hybridized carbons (Fsp3) is 0.462. The molecule has 0 fully saturated rings. The molecule has 4 nitrogen and oxygen atoms in total. The van der Waals surface area contributed by atoms with E-state index in [4.69, 9.17) is 10.5 Å². The molecule has 114 valence electrons. The van der Waals surface area contributed by atoms with Gasteiger partial charge < -0.3 is 15.8 Å². The molecule has 0 atom stereocenters. The van der Waals surface area contributed by atoms with Crippen molar-refractivity contribution >= 4 is 41.7 Å². The summed E-state index contributed by atoms with van der Waals surface area (Å²) < 4.78 is 18.1. The number of nitrogens with one attached hydrogen (secondary N) is 1. The van der Waals surface area contributed by atoms with Gasteiger partial charge in [-0.2, -0.15) is 11.8 Å². The highest BCUT2D eigenvalue weighted by atomic mass is 127. The third-order valence-corrected chi connectivity index (χ3v) is 3.10. The number of hydrogen-bond donors (Lipinski definition) is 2. The molecule has 1 aromatic carbocycles. The predicted molar refractivity (Wildman–Crippen MR) is 94.2 cm³/mol. The topological polar surface area (TPSA) is 59.6 Å². The van der Waals surface area contributed by atoms with Crippen LogP contribution in [0.25, 0.3) is 0 Å². The van der Waals surface area contributed by atoms with Gasteiger partial charge in [0.15, 0.2) is 5.96 Å². The Bertz CT molecular complexity index is 432. The molecule has 0 aromatic heterocycles. The third-order valence-electron chi connectivity index (χ3n) is 2.50. The molecule has 0 spiro atoms. The van der Waals surface area contributed by atoms with Gasteiger partial charge in [-0.1, -0.05) is 6.07 Å². The molecule has 0 saturated carbocycles. The molecule has 0 aliphatic rings. The van der Waals surface area contributed by atoms with Crippen molar-refractivity contribution in [2.24, 2.45) is 10.7 Å². The first kappa shape index (κ1) is 19.5. The molecule has 0 bridgehead atoms. The summed E-state index contributed by atoms with van der Waals surface area (Å²) in [5.74, 6) is 0.916. The maximum Gasteiger partial charge on any atom is 0.188 e. The minimum absolute atomic E-state index is 0. The molecule has 0 saturated heterocycles. The van der Waals surface area contributed by atoms with Crippen LogP contribution < -0.4 is 11.1 Å². The first-order chi connectivity index (χ1) is 9.17. The van der Waals surface area contributed by atoms with Crippen molar-refractivity contribution in [1.82, 2.24) is 5.32 Å². The van der Waals surface area contributed by atoms with E-state index in [0.29, 0.717) is 25.7 Å². The predicted octanol–water partition coefficient (Wildman–Crippen LogP) is 2.36. The van der Waals surface area contributed by atoms with Gasteiger partial charge in [-0.15, -0.1) is 24.0 Å². The average molecular weight is 413 g/mol. The van der Waals surface area contributed by atoms with Gasteiger partial charge in [0.05, 0.1) is 13.2 Å². The largest absolute Gasteiger partial charge is 0.383 e. The van der Waals surface area contributed by atoms with E-state index in [9.17, 15) is 4.39 Å². The summed E-state index contributed by atoms with van der Waals surface area (Å²) in [6, 6.07) is 4.76. The normalized spacial score (nSPS) is 11.1. The molecule has 20 heavy (non-hydrogen) atoms. The quantitative estimate of drug-likeness (QED) is 0.312. The van der Waals surface area contributed by atoms with E-state index in [1.165, 1.54) is 6.07 Å². The van der Waals surface area contributed by atoms with Gasteiger partial charge in [-0.05, 0) is 29.5 Å². The lowest BCUT2D eigenvalue weighted by Gasteiger charge is -2.08. The fourth-order valence-electron chi connectivity index (χ4n) is 1.55. The second-order valence-electron chi connectivity index (χ2n) is 3.97. The molecular weight excluding hydrogens is 392 g/mol. The number of thioether (sulfide) groups is 1. The van der Waals surface area contributed by atoms with Crippen molar-refractivity contribution in [3.63, 3.8) is 0 Å². The van der Waals surface area contributed by atoms with Gasteiger partial charge in [0, 0.05) is 19.4 Å². The SMILES string of the molecule is COCCNC(N)=NCc1ccc(F)cc1CSC.I. The van der Waals surface area contributed by atoms with Crippen molar-refractivity contribution in [3.05, 3.63) is 35.1 Å². The molecular formula is C13H21FIN3OS. The lowest BCUT2D eigenvalue weighted by atomic mass is 10.1. The van der Waals surface area contributed by atoms with Crippen molar-refractivity contribution in [2.45, 2.75) is 12.3 Å². The van der Waals surface area contributed by atoms with Crippen LogP contribution in [0.5, 0.6) is 0 Å². The van der Waals surface area contributed by atoms with Gasteiger partial charge in [-0.25, -0.2) is 9.38 Å². The molecule has 3 N–H and O–H groups in total. The minimum Gasteiger partial charge on any atom is -0.383 e. The second-order valence-corrected chi connectivity index (χ2v) is 4.83. The Balaban J connectivity index is 0.00000361.